The zero-order chi connectivity index (χ0) is 48.7. The predicted octanol–water partition coefficient (Wildman–Crippen LogP) is 8.17. The number of ether oxygens (including phenoxy) is 4. The van der Waals surface area contributed by atoms with E-state index in [1.807, 2.05) is 56.5 Å². The van der Waals surface area contributed by atoms with E-state index in [0.29, 0.717) is 72.5 Å². The number of fused-ring (bicyclic) bond motifs is 5. The Kier molecular flexibility index (Phi) is 13.3. The molecule has 0 bridgehead atoms. The summed E-state index contributed by atoms with van der Waals surface area (Å²) in [5.74, 6) is 0.371. The number of nitrogens with zero attached hydrogens (tertiary/aromatic N) is 6. The van der Waals surface area contributed by atoms with Crippen molar-refractivity contribution in [3.63, 3.8) is 0 Å². The second kappa shape index (κ2) is 19.5. The third-order valence-electron chi connectivity index (χ3n) is 12.8. The van der Waals surface area contributed by atoms with Gasteiger partial charge in [0.1, 0.15) is 40.3 Å². The zero-order valence-electron chi connectivity index (χ0n) is 39.4. The molecule has 0 aliphatic carbocycles. The largest absolute Gasteiger partial charge is 0.464 e. The summed E-state index contributed by atoms with van der Waals surface area (Å²) in [4.78, 5) is 77.1. The lowest BCUT2D eigenvalue weighted by atomic mass is 10.0. The van der Waals surface area contributed by atoms with Crippen LogP contribution in [0.2, 0.25) is 0 Å². The Balaban J connectivity index is 1.03. The minimum absolute atomic E-state index is 0.162. The van der Waals surface area contributed by atoms with E-state index in [1.165, 1.54) is 31.6 Å². The summed E-state index contributed by atoms with van der Waals surface area (Å²) in [6.07, 6.45) is 7.63. The van der Waals surface area contributed by atoms with Crippen LogP contribution in [0, 0.1) is 11.7 Å². The number of hydrogen-bond acceptors (Lipinski definition) is 12. The van der Waals surface area contributed by atoms with E-state index < -0.39 is 42.4 Å². The molecule has 4 aromatic heterocycles. The van der Waals surface area contributed by atoms with Gasteiger partial charge >= 0.3 is 12.2 Å². The van der Waals surface area contributed by atoms with Crippen molar-refractivity contribution < 1.29 is 42.5 Å². The van der Waals surface area contributed by atoms with Crippen molar-refractivity contribution in [2.75, 3.05) is 34.4 Å². The van der Waals surface area contributed by atoms with Gasteiger partial charge < -0.3 is 49.3 Å². The van der Waals surface area contributed by atoms with E-state index >= 15 is 4.39 Å². The number of benzene rings is 2. The summed E-state index contributed by atoms with van der Waals surface area (Å²) < 4.78 is 40.7. The molecule has 18 nitrogen and oxygen atoms in total. The van der Waals surface area contributed by atoms with Gasteiger partial charge in [-0.15, -0.1) is 11.3 Å². The normalized spacial score (nSPS) is 18.4. The second-order valence-electron chi connectivity index (χ2n) is 18.0. The minimum Gasteiger partial charge on any atom is -0.464 e. The Labute approximate surface area is 401 Å². The van der Waals surface area contributed by atoms with Crippen LogP contribution in [0.4, 0.5) is 14.0 Å². The number of aromatic amines is 2. The highest BCUT2D eigenvalue weighted by molar-refractivity contribution is 7.11. The quantitative estimate of drug-likeness (QED) is 0.0811. The Morgan fingerprint density at radius 3 is 2.14 bits per heavy atom. The highest BCUT2D eigenvalue weighted by atomic mass is 32.1. The van der Waals surface area contributed by atoms with E-state index in [-0.39, 0.29) is 23.8 Å². The Morgan fingerprint density at radius 2 is 1.51 bits per heavy atom. The lowest BCUT2D eigenvalue weighted by Gasteiger charge is -2.30. The lowest BCUT2D eigenvalue weighted by Crippen LogP contribution is -2.51. The number of amides is 4. The topological polar surface area (TPSA) is 211 Å². The molecular weight excluding hydrogens is 908 g/mol. The molecule has 3 aliphatic rings. The molecule has 69 heavy (non-hydrogen) atoms. The third-order valence-corrected chi connectivity index (χ3v) is 13.8. The van der Waals surface area contributed by atoms with E-state index in [4.69, 9.17) is 23.9 Å². The molecule has 3 aliphatic heterocycles. The van der Waals surface area contributed by atoms with Gasteiger partial charge in [0, 0.05) is 42.9 Å². The van der Waals surface area contributed by atoms with Gasteiger partial charge in [-0.1, -0.05) is 31.6 Å². The number of halogens is 1. The standard InChI is InChI=1S/C49H55FN10O8S/c1-25(2)16-31(56-48(63)66-6)45(61)58-14-8-10-35(58)43-53-22-33(55-43)28-18-30(50)41-37-19-29-17-27(12-13-34(29)60(37)47(68-38(41)20-28)39-23-51-40(69-39)24-65-5)32-21-52-44(54-32)36-11-9-15-59(36)46(62)42(26(3)4)57-49(64)67-7/h12-13,16-23,26,31,35-36,42,47H,8-11,14-15,24H2,1-7H3,(H,52,54)(H,53,55)(H,56,63)(H,57,64)/t31?,35-,36-,42-,47?/m0/s1. The number of thiazole rings is 1. The first-order chi connectivity index (χ1) is 33.3. The van der Waals surface area contributed by atoms with E-state index in [9.17, 15) is 19.2 Å². The maximum atomic E-state index is 16.9. The Morgan fingerprint density at radius 1 is 0.855 bits per heavy atom. The second-order valence-corrected chi connectivity index (χ2v) is 19.2. The molecule has 7 heterocycles. The van der Waals surface area contributed by atoms with Crippen LogP contribution >= 0.6 is 11.3 Å². The van der Waals surface area contributed by atoms with Gasteiger partial charge in [0.05, 0.1) is 78.3 Å². The molecular formula is C49H55FN10O8S. The van der Waals surface area contributed by atoms with E-state index in [1.54, 1.807) is 47.6 Å². The number of nitrogens with one attached hydrogen (secondary N) is 4. The Bertz CT molecular complexity index is 2950. The number of carbonyl (C=O) groups is 4. The number of allylic oxidation sites excluding steroid dienone is 1. The third kappa shape index (κ3) is 9.17. The van der Waals surface area contributed by atoms with Crippen LogP contribution in [0.15, 0.2) is 66.6 Å². The van der Waals surface area contributed by atoms with Crippen LogP contribution in [0.1, 0.15) is 93.2 Å². The molecule has 2 saturated heterocycles. The van der Waals surface area contributed by atoms with Crippen molar-refractivity contribution in [3.05, 3.63) is 94.0 Å². The molecule has 0 radical (unpaired) electrons. The van der Waals surface area contributed by atoms with Crippen molar-refractivity contribution in [2.45, 2.75) is 90.4 Å². The number of aromatic nitrogens is 6. The van der Waals surface area contributed by atoms with Crippen LogP contribution in [0.25, 0.3) is 44.7 Å². The van der Waals surface area contributed by atoms with Gasteiger partial charge in [-0.25, -0.2) is 28.9 Å². The maximum absolute atomic E-state index is 16.9. The fourth-order valence-corrected chi connectivity index (χ4v) is 10.5. The summed E-state index contributed by atoms with van der Waals surface area (Å²) in [6, 6.07) is 8.81. The first-order valence-electron chi connectivity index (χ1n) is 22.9. The first-order valence-corrected chi connectivity index (χ1v) is 23.7. The Hall–Kier alpha value is -7.06. The molecule has 0 spiro atoms. The maximum Gasteiger partial charge on any atom is 0.407 e. The average Bonchev–Trinajstić information content (AvgIpc) is 4.20. The lowest BCUT2D eigenvalue weighted by molar-refractivity contribution is -0.135. The molecule has 9 rings (SSSR count). The monoisotopic (exact) mass is 962 g/mol. The smallest absolute Gasteiger partial charge is 0.407 e. The van der Waals surface area contributed by atoms with E-state index in [2.05, 4.69) is 30.6 Å². The predicted molar refractivity (Wildman–Crippen MR) is 254 cm³/mol. The summed E-state index contributed by atoms with van der Waals surface area (Å²) in [5, 5.41) is 6.92. The highest BCUT2D eigenvalue weighted by Crippen LogP contribution is 2.48. The number of alkyl carbamates (subject to hydrolysis) is 2. The van der Waals surface area contributed by atoms with E-state index in [0.717, 1.165) is 50.5 Å². The first kappa shape index (κ1) is 47.0. The SMILES string of the molecule is COCc1ncc(C2Oc3cc(-c4cnc([C@@H]5CCCN5C(=O)C(C=C(C)C)NC(=O)OC)[nH]4)cc(F)c3-c3cc4cc(-c5cnc([C@@H]6CCCN6C(=O)[C@@H](NC(=O)OC)C(C)C)[nH]5)ccc4n32)s1. The van der Waals surface area contributed by atoms with Crippen LogP contribution in [-0.4, -0.2) is 110 Å². The van der Waals surface area contributed by atoms with Crippen LogP contribution in [0.5, 0.6) is 5.75 Å². The van der Waals surface area contributed by atoms with Crippen molar-refractivity contribution in [3.8, 4) is 39.5 Å². The summed E-state index contributed by atoms with van der Waals surface area (Å²) in [6.45, 7) is 8.78. The molecule has 2 unspecified atom stereocenters. The number of H-pyrrole nitrogens is 2. The van der Waals surface area contributed by atoms with Crippen LogP contribution < -0.4 is 15.4 Å². The van der Waals surface area contributed by atoms with Gasteiger partial charge in [0.15, 0.2) is 0 Å². The molecule has 20 heteroatoms. The van der Waals surface area contributed by atoms with Crippen LogP contribution in [-0.2, 0) is 30.4 Å². The van der Waals surface area contributed by atoms with Gasteiger partial charge in [0.25, 0.3) is 0 Å². The summed E-state index contributed by atoms with van der Waals surface area (Å²) >= 11 is 1.45. The molecule has 2 aromatic carbocycles. The molecule has 4 N–H and O–H groups in total. The average molecular weight is 963 g/mol. The highest BCUT2D eigenvalue weighted by Gasteiger charge is 2.39. The number of rotatable bonds is 13. The molecule has 5 atom stereocenters. The fraction of sp³-hybridized carbons (Fsp3) is 0.408. The minimum atomic E-state index is -0.920. The fourth-order valence-electron chi connectivity index (χ4n) is 9.60. The van der Waals surface area contributed by atoms with Gasteiger partial charge in [-0.3, -0.25) is 14.2 Å². The number of hydrogen-bond donors (Lipinski definition) is 4. The van der Waals surface area contributed by atoms with Gasteiger partial charge in [0.2, 0.25) is 18.0 Å². The van der Waals surface area contributed by atoms with Crippen molar-refractivity contribution in [1.29, 1.82) is 0 Å². The molecule has 4 amide bonds. The molecule has 6 aromatic rings. The molecule has 2 fully saturated rings. The van der Waals surface area contributed by atoms with Crippen molar-refractivity contribution in [2.24, 2.45) is 5.92 Å². The van der Waals surface area contributed by atoms with Gasteiger partial charge in [-0.2, -0.15) is 0 Å². The van der Waals surface area contributed by atoms with Crippen molar-refractivity contribution >= 4 is 46.2 Å². The number of methoxy groups -OCH3 is 3. The van der Waals surface area contributed by atoms with Crippen LogP contribution in [0.3, 0.4) is 0 Å². The zero-order valence-corrected chi connectivity index (χ0v) is 40.2. The summed E-state index contributed by atoms with van der Waals surface area (Å²) in [5.41, 5.74) is 5.19. The molecule has 0 saturated carbocycles. The van der Waals surface area contributed by atoms with Crippen molar-refractivity contribution in [1.82, 2.24) is 49.9 Å². The van der Waals surface area contributed by atoms with Gasteiger partial charge in [-0.05, 0) is 75.8 Å². The summed E-state index contributed by atoms with van der Waals surface area (Å²) in [7, 11) is 4.13. The number of imidazole rings is 2. The number of likely N-dealkylation sites (tertiary alicyclic amines) is 2. The number of carbonyl (C=O) groups excluding carboxylic acids is 4. The molecule has 362 valence electrons.